The van der Waals surface area contributed by atoms with Crippen molar-refractivity contribution in [2.75, 3.05) is 27.4 Å². The van der Waals surface area contributed by atoms with Gasteiger partial charge in [0.2, 0.25) is 11.8 Å². The molecule has 5 rings (SSSR count). The Bertz CT molecular complexity index is 1530. The zero-order chi connectivity index (χ0) is 26.3. The zero-order valence-corrected chi connectivity index (χ0v) is 21.1. The smallest absolute Gasteiger partial charge is 0.231 e. The molecule has 0 fully saturated rings. The van der Waals surface area contributed by atoms with Crippen LogP contribution in [0, 0.1) is 0 Å². The van der Waals surface area contributed by atoms with Crippen molar-refractivity contribution in [2.45, 2.75) is 6.42 Å². The number of carbonyl (C=O) groups is 1. The van der Waals surface area contributed by atoms with E-state index in [0.717, 1.165) is 22.3 Å². The Labute approximate surface area is 220 Å². The van der Waals surface area contributed by atoms with E-state index in [1.807, 2.05) is 54.6 Å². The molecule has 0 bridgehead atoms. The first-order chi connectivity index (χ1) is 18.6. The van der Waals surface area contributed by atoms with Crippen LogP contribution < -0.4 is 19.5 Å². The van der Waals surface area contributed by atoms with Gasteiger partial charge in [-0.2, -0.15) is 4.52 Å². The Hall–Kier alpha value is -4.92. The molecule has 1 amide bonds. The highest BCUT2D eigenvalue weighted by molar-refractivity contribution is 5.78. The van der Waals surface area contributed by atoms with Crippen molar-refractivity contribution in [1.82, 2.24) is 25.1 Å². The van der Waals surface area contributed by atoms with Gasteiger partial charge in [-0.25, -0.2) is 0 Å². The van der Waals surface area contributed by atoms with Crippen LogP contribution in [0.2, 0.25) is 0 Å². The highest BCUT2D eigenvalue weighted by atomic mass is 16.5. The van der Waals surface area contributed by atoms with Crippen LogP contribution in [0.15, 0.2) is 84.9 Å². The first-order valence-electron chi connectivity index (χ1n) is 12.1. The number of rotatable bonds is 10. The summed E-state index contributed by atoms with van der Waals surface area (Å²) in [5.74, 6) is 2.08. The largest absolute Gasteiger partial charge is 0.497 e. The average molecular weight is 510 g/mol. The summed E-state index contributed by atoms with van der Waals surface area (Å²) in [4.78, 5) is 12.4. The Morgan fingerprint density at radius 3 is 2.42 bits per heavy atom. The lowest BCUT2D eigenvalue weighted by atomic mass is 10.0. The highest BCUT2D eigenvalue weighted by Gasteiger charge is 2.16. The molecule has 0 saturated carbocycles. The minimum atomic E-state index is -0.0721. The van der Waals surface area contributed by atoms with Gasteiger partial charge in [-0.1, -0.05) is 54.6 Å². The lowest BCUT2D eigenvalue weighted by Crippen LogP contribution is -2.29. The van der Waals surface area contributed by atoms with Crippen LogP contribution in [-0.4, -0.2) is 53.1 Å². The molecule has 5 aromatic rings. The summed E-state index contributed by atoms with van der Waals surface area (Å²) in [6.45, 7) is 0.614. The van der Waals surface area contributed by atoms with E-state index < -0.39 is 0 Å². The van der Waals surface area contributed by atoms with Gasteiger partial charge >= 0.3 is 0 Å². The number of benzene rings is 3. The average Bonchev–Trinajstić information content (AvgIpc) is 3.39. The second-order valence-electron chi connectivity index (χ2n) is 8.47. The van der Waals surface area contributed by atoms with Crippen molar-refractivity contribution in [2.24, 2.45) is 0 Å². The normalized spacial score (nSPS) is 10.8. The third-order valence-corrected chi connectivity index (χ3v) is 5.99. The van der Waals surface area contributed by atoms with Crippen LogP contribution in [0.25, 0.3) is 28.2 Å². The number of hydrogen-bond donors (Lipinski definition) is 1. The van der Waals surface area contributed by atoms with Crippen LogP contribution in [0.4, 0.5) is 0 Å². The van der Waals surface area contributed by atoms with Crippen molar-refractivity contribution < 1.29 is 19.0 Å². The Kier molecular flexibility index (Phi) is 7.44. The van der Waals surface area contributed by atoms with Gasteiger partial charge in [0.15, 0.2) is 11.5 Å². The minimum Gasteiger partial charge on any atom is -0.497 e. The third-order valence-electron chi connectivity index (χ3n) is 5.99. The lowest BCUT2D eigenvalue weighted by molar-refractivity contribution is -0.120. The molecule has 0 saturated heterocycles. The molecule has 0 atom stereocenters. The molecule has 0 aliphatic heterocycles. The van der Waals surface area contributed by atoms with Crippen molar-refractivity contribution in [1.29, 1.82) is 0 Å². The predicted octanol–water partition coefficient (Wildman–Crippen LogP) is 4.21. The second-order valence-corrected chi connectivity index (χ2v) is 8.47. The number of nitrogens with zero attached hydrogens (tertiary/aromatic N) is 4. The second kappa shape index (κ2) is 11.4. The van der Waals surface area contributed by atoms with Crippen molar-refractivity contribution >= 4 is 11.6 Å². The van der Waals surface area contributed by atoms with Crippen LogP contribution in [-0.2, 0) is 11.2 Å². The first-order valence-corrected chi connectivity index (χ1v) is 12.1. The predicted molar refractivity (Wildman–Crippen MR) is 143 cm³/mol. The number of methoxy groups -OCH3 is 2. The number of nitrogens with one attached hydrogen (secondary N) is 1. The lowest BCUT2D eigenvalue weighted by Gasteiger charge is -2.10. The molecule has 0 aliphatic carbocycles. The monoisotopic (exact) mass is 509 g/mol. The number of aromatic nitrogens is 4. The number of amides is 1. The Morgan fingerprint density at radius 1 is 0.868 bits per heavy atom. The fourth-order valence-corrected chi connectivity index (χ4v) is 4.04. The molecule has 192 valence electrons. The standard InChI is InChI=1S/C29H27N5O4/c1-36-23-12-13-24(25(19-23)37-2)29-32-31-26-14-15-28(33-34(26)29)38-17-16-30-27(35)18-20-8-10-22(11-9-20)21-6-4-3-5-7-21/h3-15,19H,16-18H2,1-2H3,(H,30,35). The highest BCUT2D eigenvalue weighted by Crippen LogP contribution is 2.32. The Morgan fingerprint density at radius 2 is 1.66 bits per heavy atom. The summed E-state index contributed by atoms with van der Waals surface area (Å²) in [7, 11) is 3.18. The van der Waals surface area contributed by atoms with E-state index in [4.69, 9.17) is 14.2 Å². The fourth-order valence-electron chi connectivity index (χ4n) is 4.04. The topological polar surface area (TPSA) is 99.9 Å². The molecular formula is C29H27N5O4. The Balaban J connectivity index is 1.16. The fraction of sp³-hybridized carbons (Fsp3) is 0.172. The van der Waals surface area contributed by atoms with E-state index >= 15 is 0 Å². The number of carbonyl (C=O) groups excluding carboxylic acids is 1. The van der Waals surface area contributed by atoms with Crippen molar-refractivity contribution in [3.8, 4) is 39.9 Å². The molecule has 38 heavy (non-hydrogen) atoms. The molecule has 0 radical (unpaired) electrons. The molecule has 9 heteroatoms. The molecule has 2 heterocycles. The summed E-state index contributed by atoms with van der Waals surface area (Å²) in [6.07, 6.45) is 0.299. The maximum absolute atomic E-state index is 12.4. The molecular weight excluding hydrogens is 482 g/mol. The van der Waals surface area contributed by atoms with Gasteiger partial charge in [0.1, 0.15) is 18.1 Å². The molecule has 0 spiro atoms. The maximum Gasteiger partial charge on any atom is 0.231 e. The van der Waals surface area contributed by atoms with E-state index in [-0.39, 0.29) is 12.5 Å². The van der Waals surface area contributed by atoms with E-state index in [1.165, 1.54) is 0 Å². The van der Waals surface area contributed by atoms with Gasteiger partial charge in [-0.05, 0) is 34.9 Å². The number of hydrogen-bond acceptors (Lipinski definition) is 7. The summed E-state index contributed by atoms with van der Waals surface area (Å²) in [5.41, 5.74) is 4.50. The number of ether oxygens (including phenoxy) is 3. The van der Waals surface area contributed by atoms with Crippen molar-refractivity contribution in [3.05, 3.63) is 90.5 Å². The summed E-state index contributed by atoms with van der Waals surface area (Å²) >= 11 is 0. The van der Waals surface area contributed by atoms with Gasteiger partial charge in [0.05, 0.1) is 32.7 Å². The van der Waals surface area contributed by atoms with Crippen LogP contribution in [0.5, 0.6) is 17.4 Å². The van der Waals surface area contributed by atoms with E-state index in [9.17, 15) is 4.79 Å². The zero-order valence-electron chi connectivity index (χ0n) is 21.1. The van der Waals surface area contributed by atoms with Gasteiger partial charge in [0.25, 0.3) is 0 Å². The SMILES string of the molecule is COc1ccc(-c2nnc3ccc(OCCNC(=O)Cc4ccc(-c5ccccc5)cc4)nn23)c(OC)c1. The van der Waals surface area contributed by atoms with Crippen LogP contribution in [0.1, 0.15) is 5.56 Å². The molecule has 1 N–H and O–H groups in total. The third kappa shape index (κ3) is 5.57. The van der Waals surface area contributed by atoms with E-state index in [2.05, 4.69) is 32.7 Å². The number of fused-ring (bicyclic) bond motifs is 1. The molecule has 0 unspecified atom stereocenters. The van der Waals surface area contributed by atoms with Gasteiger partial charge < -0.3 is 19.5 Å². The summed E-state index contributed by atoms with van der Waals surface area (Å²) < 4.78 is 18.1. The summed E-state index contributed by atoms with van der Waals surface area (Å²) in [6, 6.07) is 27.1. The van der Waals surface area contributed by atoms with Crippen molar-refractivity contribution in [3.63, 3.8) is 0 Å². The molecule has 3 aromatic carbocycles. The first kappa shape index (κ1) is 24.8. The van der Waals surface area contributed by atoms with Gasteiger partial charge in [-0.15, -0.1) is 15.3 Å². The van der Waals surface area contributed by atoms with E-state index in [1.54, 1.807) is 36.9 Å². The molecule has 0 aliphatic rings. The van der Waals surface area contributed by atoms with Crippen LogP contribution in [0.3, 0.4) is 0 Å². The molecule has 2 aromatic heterocycles. The summed E-state index contributed by atoms with van der Waals surface area (Å²) in [5, 5.41) is 15.9. The quantitative estimate of drug-likeness (QED) is 0.282. The van der Waals surface area contributed by atoms with E-state index in [0.29, 0.717) is 41.8 Å². The maximum atomic E-state index is 12.4. The van der Waals surface area contributed by atoms with Gasteiger partial charge in [0, 0.05) is 12.1 Å². The molecule has 9 nitrogen and oxygen atoms in total. The van der Waals surface area contributed by atoms with Gasteiger partial charge in [-0.3, -0.25) is 4.79 Å². The van der Waals surface area contributed by atoms with Crippen LogP contribution >= 0.6 is 0 Å². The minimum absolute atomic E-state index is 0.0721.